The van der Waals surface area contributed by atoms with Gasteiger partial charge in [0.15, 0.2) is 0 Å². The van der Waals surface area contributed by atoms with Crippen LogP contribution in [0.2, 0.25) is 0 Å². The Morgan fingerprint density at radius 3 is 2.73 bits per heavy atom. The van der Waals surface area contributed by atoms with Crippen molar-refractivity contribution in [3.05, 3.63) is 30.3 Å². The number of hydrogen-bond donors (Lipinski definition) is 1. The van der Waals surface area contributed by atoms with Gasteiger partial charge < -0.3 is 0 Å². The molecule has 1 aliphatic rings. The van der Waals surface area contributed by atoms with Gasteiger partial charge in [0, 0.05) is 0 Å². The molecular formula is C7H8N4. The molecule has 4 nitrogen and oxygen atoms in total. The maximum absolute atomic E-state index is 3.85. The Balaban J connectivity index is 2.23. The number of nitrogens with zero attached hydrogens (tertiary/aromatic N) is 3. The molecule has 1 N–H and O–H groups in total. The summed E-state index contributed by atoms with van der Waals surface area (Å²) in [6.07, 6.45) is 0. The van der Waals surface area contributed by atoms with Gasteiger partial charge >= 0.3 is 0 Å². The summed E-state index contributed by atoms with van der Waals surface area (Å²) >= 11 is 0. The van der Waals surface area contributed by atoms with Crippen molar-refractivity contribution in [2.24, 2.45) is 10.4 Å². The van der Waals surface area contributed by atoms with Crippen molar-refractivity contribution in [1.29, 1.82) is 0 Å². The largest absolute Gasteiger partial charge is 0.269 e. The number of rotatable bonds is 1. The van der Waals surface area contributed by atoms with Crippen LogP contribution in [-0.2, 0) is 0 Å². The van der Waals surface area contributed by atoms with Gasteiger partial charge in [-0.1, -0.05) is 23.4 Å². The normalized spacial score (nSPS) is 15.1. The van der Waals surface area contributed by atoms with E-state index in [1.165, 1.54) is 0 Å². The third-order valence-electron chi connectivity index (χ3n) is 1.50. The van der Waals surface area contributed by atoms with Gasteiger partial charge in [0.1, 0.15) is 6.67 Å². The third kappa shape index (κ3) is 1.14. The first kappa shape index (κ1) is 6.15. The Labute approximate surface area is 64.5 Å². The molecule has 1 aromatic carbocycles. The standard InChI is InChI=1S/C7H8N4/c1-2-4-7(5-3-1)11-6-8-9-10-11/h1-5H,6H2,(H,8,10). The number of para-hydroxylation sites is 1. The zero-order valence-corrected chi connectivity index (χ0v) is 5.94. The van der Waals surface area contributed by atoms with E-state index in [1.54, 1.807) is 5.01 Å². The zero-order valence-electron chi connectivity index (χ0n) is 5.94. The van der Waals surface area contributed by atoms with Crippen molar-refractivity contribution in [3.63, 3.8) is 0 Å². The Morgan fingerprint density at radius 2 is 2.09 bits per heavy atom. The van der Waals surface area contributed by atoms with E-state index in [-0.39, 0.29) is 0 Å². The monoisotopic (exact) mass is 148 g/mol. The highest BCUT2D eigenvalue weighted by Gasteiger charge is 2.06. The zero-order chi connectivity index (χ0) is 7.52. The SMILES string of the molecule is c1ccc(N2CNN=N2)cc1. The fourth-order valence-corrected chi connectivity index (χ4v) is 0.959. The number of hydrogen-bond acceptors (Lipinski definition) is 4. The minimum Gasteiger partial charge on any atom is -0.269 e. The van der Waals surface area contributed by atoms with Crippen molar-refractivity contribution in [2.75, 3.05) is 11.7 Å². The molecule has 0 amide bonds. The highest BCUT2D eigenvalue weighted by molar-refractivity contribution is 5.44. The molecular weight excluding hydrogens is 140 g/mol. The molecule has 56 valence electrons. The Bertz CT molecular complexity index is 256. The summed E-state index contributed by atoms with van der Waals surface area (Å²) in [6, 6.07) is 9.91. The molecule has 0 saturated carbocycles. The van der Waals surface area contributed by atoms with Crippen molar-refractivity contribution in [3.8, 4) is 0 Å². The van der Waals surface area contributed by atoms with Crippen molar-refractivity contribution < 1.29 is 0 Å². The van der Waals surface area contributed by atoms with Crippen molar-refractivity contribution in [1.82, 2.24) is 5.43 Å². The minimum atomic E-state index is 0.657. The number of benzene rings is 1. The minimum absolute atomic E-state index is 0.657. The Hall–Kier alpha value is -1.58. The lowest BCUT2D eigenvalue weighted by Crippen LogP contribution is -2.18. The molecule has 0 fully saturated rings. The maximum Gasteiger partial charge on any atom is 0.129 e. The molecule has 0 saturated heterocycles. The topological polar surface area (TPSA) is 40.0 Å². The summed E-state index contributed by atoms with van der Waals surface area (Å²) < 4.78 is 0. The predicted octanol–water partition coefficient (Wildman–Crippen LogP) is 1.34. The fourth-order valence-electron chi connectivity index (χ4n) is 0.959. The first-order valence-corrected chi connectivity index (χ1v) is 3.43. The summed E-state index contributed by atoms with van der Waals surface area (Å²) in [4.78, 5) is 0. The lowest BCUT2D eigenvalue weighted by atomic mass is 10.3. The summed E-state index contributed by atoms with van der Waals surface area (Å²) in [5.74, 6) is 0. The summed E-state index contributed by atoms with van der Waals surface area (Å²) in [5, 5.41) is 9.29. The van der Waals surface area contributed by atoms with E-state index in [1.807, 2.05) is 30.3 Å². The second-order valence-electron chi connectivity index (χ2n) is 2.24. The van der Waals surface area contributed by atoms with Gasteiger partial charge in [-0.05, 0) is 17.4 Å². The first-order valence-electron chi connectivity index (χ1n) is 3.43. The molecule has 1 heterocycles. The van der Waals surface area contributed by atoms with Crippen LogP contribution in [0.4, 0.5) is 5.69 Å². The molecule has 4 heteroatoms. The summed E-state index contributed by atoms with van der Waals surface area (Å²) in [6.45, 7) is 0.657. The van der Waals surface area contributed by atoms with E-state index in [9.17, 15) is 0 Å². The highest BCUT2D eigenvalue weighted by Crippen LogP contribution is 2.14. The molecule has 0 unspecified atom stereocenters. The average Bonchev–Trinajstić information content (AvgIpc) is 2.58. The van der Waals surface area contributed by atoms with Gasteiger partial charge in [0.25, 0.3) is 0 Å². The second-order valence-corrected chi connectivity index (χ2v) is 2.24. The maximum atomic E-state index is 3.85. The number of nitrogens with one attached hydrogen (secondary N) is 1. The van der Waals surface area contributed by atoms with E-state index in [4.69, 9.17) is 0 Å². The molecule has 0 spiro atoms. The summed E-state index contributed by atoms with van der Waals surface area (Å²) in [7, 11) is 0. The Morgan fingerprint density at radius 1 is 1.27 bits per heavy atom. The van der Waals surface area contributed by atoms with E-state index in [0.717, 1.165) is 5.69 Å². The van der Waals surface area contributed by atoms with E-state index >= 15 is 0 Å². The van der Waals surface area contributed by atoms with Crippen LogP contribution in [0.3, 0.4) is 0 Å². The van der Waals surface area contributed by atoms with Gasteiger partial charge in [0.2, 0.25) is 0 Å². The van der Waals surface area contributed by atoms with Gasteiger partial charge in [-0.3, -0.25) is 5.43 Å². The van der Waals surface area contributed by atoms with Crippen LogP contribution < -0.4 is 10.4 Å². The van der Waals surface area contributed by atoms with Crippen LogP contribution in [0.15, 0.2) is 40.8 Å². The highest BCUT2D eigenvalue weighted by atomic mass is 15.7. The molecule has 0 aromatic heterocycles. The molecule has 0 aliphatic carbocycles. The van der Waals surface area contributed by atoms with Gasteiger partial charge in [-0.2, -0.15) is 0 Å². The van der Waals surface area contributed by atoms with Crippen LogP contribution in [0.1, 0.15) is 0 Å². The van der Waals surface area contributed by atoms with E-state index in [0.29, 0.717) is 6.67 Å². The van der Waals surface area contributed by atoms with Gasteiger partial charge in [-0.15, -0.1) is 0 Å². The van der Waals surface area contributed by atoms with Crippen molar-refractivity contribution >= 4 is 5.69 Å². The van der Waals surface area contributed by atoms with Gasteiger partial charge in [0.05, 0.1) is 5.69 Å². The van der Waals surface area contributed by atoms with Crippen LogP contribution in [0, 0.1) is 0 Å². The van der Waals surface area contributed by atoms with Crippen LogP contribution in [-0.4, -0.2) is 6.67 Å². The molecule has 0 atom stereocenters. The number of anilines is 1. The van der Waals surface area contributed by atoms with Gasteiger partial charge in [-0.25, -0.2) is 5.01 Å². The van der Waals surface area contributed by atoms with E-state index in [2.05, 4.69) is 15.9 Å². The first-order chi connectivity index (χ1) is 5.47. The van der Waals surface area contributed by atoms with Crippen LogP contribution in [0.5, 0.6) is 0 Å². The molecule has 1 aromatic rings. The molecule has 1 aliphatic heterocycles. The molecule has 0 bridgehead atoms. The smallest absolute Gasteiger partial charge is 0.129 e. The van der Waals surface area contributed by atoms with Crippen LogP contribution >= 0.6 is 0 Å². The predicted molar refractivity (Wildman–Crippen MR) is 41.8 cm³/mol. The lowest BCUT2D eigenvalue weighted by Gasteiger charge is -2.09. The quantitative estimate of drug-likeness (QED) is 0.652. The summed E-state index contributed by atoms with van der Waals surface area (Å²) in [5.41, 5.74) is 3.81. The van der Waals surface area contributed by atoms with Crippen LogP contribution in [0.25, 0.3) is 0 Å². The third-order valence-corrected chi connectivity index (χ3v) is 1.50. The second kappa shape index (κ2) is 2.57. The molecule has 2 rings (SSSR count). The molecule has 0 radical (unpaired) electrons. The lowest BCUT2D eigenvalue weighted by molar-refractivity contribution is 0.807. The average molecular weight is 148 g/mol. The van der Waals surface area contributed by atoms with Crippen molar-refractivity contribution in [2.45, 2.75) is 0 Å². The fraction of sp³-hybridized carbons (Fsp3) is 0.143. The Kier molecular flexibility index (Phi) is 1.44. The molecule has 11 heavy (non-hydrogen) atoms. The van der Waals surface area contributed by atoms with E-state index < -0.39 is 0 Å².